The van der Waals surface area contributed by atoms with Crippen LogP contribution in [-0.2, 0) is 4.79 Å². The third kappa shape index (κ3) is 3.01. The molecule has 0 aliphatic rings. The lowest BCUT2D eigenvalue weighted by Crippen LogP contribution is -1.89. The molecule has 0 saturated carbocycles. The molecule has 0 aromatic carbocycles. The van der Waals surface area contributed by atoms with Crippen molar-refractivity contribution in [3.05, 3.63) is 9.51 Å². The Bertz CT molecular complexity index is 151. The van der Waals surface area contributed by atoms with E-state index in [4.69, 9.17) is 11.6 Å². The number of rotatable bonds is 2. The Morgan fingerprint density at radius 2 is 2.11 bits per heavy atom. The molecule has 0 aliphatic carbocycles. The number of hydrogen-bond acceptors (Lipinski definition) is 1. The number of halogens is 2. The highest BCUT2D eigenvalue weighted by molar-refractivity contribution is 9.12. The van der Waals surface area contributed by atoms with Gasteiger partial charge in [0, 0.05) is 5.03 Å². The topological polar surface area (TPSA) is 17.1 Å². The van der Waals surface area contributed by atoms with Gasteiger partial charge in [0.15, 0.2) is 5.78 Å². The predicted molar refractivity (Wildman–Crippen MR) is 42.8 cm³/mol. The molecule has 0 unspecified atom stereocenters. The van der Waals surface area contributed by atoms with Crippen molar-refractivity contribution in [1.29, 1.82) is 0 Å². The Balaban J connectivity index is 4.28. The lowest BCUT2D eigenvalue weighted by Gasteiger charge is -1.94. The van der Waals surface area contributed by atoms with E-state index in [-0.39, 0.29) is 5.78 Å². The molecule has 0 aliphatic heterocycles. The van der Waals surface area contributed by atoms with E-state index >= 15 is 0 Å². The molecule has 0 saturated heterocycles. The first-order valence-electron chi connectivity index (χ1n) is 2.64. The molecule has 0 N–H and O–H groups in total. The van der Waals surface area contributed by atoms with E-state index in [1.54, 1.807) is 0 Å². The first-order valence-corrected chi connectivity index (χ1v) is 3.81. The van der Waals surface area contributed by atoms with E-state index in [2.05, 4.69) is 15.9 Å². The van der Waals surface area contributed by atoms with Crippen molar-refractivity contribution in [2.24, 2.45) is 0 Å². The molecule has 52 valence electrons. The summed E-state index contributed by atoms with van der Waals surface area (Å²) in [6.07, 6.45) is 0.696. The Hall–Kier alpha value is 0.180. The summed E-state index contributed by atoms with van der Waals surface area (Å²) in [5.41, 5.74) is 0. The van der Waals surface area contributed by atoms with Gasteiger partial charge in [-0.25, -0.2) is 0 Å². The molecule has 0 heterocycles. The van der Waals surface area contributed by atoms with Crippen LogP contribution in [0.5, 0.6) is 0 Å². The first kappa shape index (κ1) is 9.18. The number of ketones is 1. The summed E-state index contributed by atoms with van der Waals surface area (Å²) in [5.74, 6) is -0.0261. The second kappa shape index (κ2) is 4.07. The number of Topliss-reactive ketones (excluding diaryl/α,β-unsaturated/α-hetero) is 1. The Morgan fingerprint density at radius 3 is 2.22 bits per heavy atom. The number of carbonyl (C=O) groups is 1. The molecule has 0 aromatic heterocycles. The third-order valence-corrected chi connectivity index (χ3v) is 2.58. The highest BCUT2D eigenvalue weighted by Gasteiger charge is 2.02. The fourth-order valence-corrected chi connectivity index (χ4v) is 0.760. The van der Waals surface area contributed by atoms with Crippen LogP contribution in [0.2, 0.25) is 0 Å². The third-order valence-electron chi connectivity index (χ3n) is 0.858. The van der Waals surface area contributed by atoms with Crippen LogP contribution in [0.15, 0.2) is 9.51 Å². The van der Waals surface area contributed by atoms with Gasteiger partial charge in [0.05, 0.1) is 4.48 Å². The minimum Gasteiger partial charge on any atom is -0.294 e. The zero-order chi connectivity index (χ0) is 7.44. The Kier molecular flexibility index (Phi) is 4.15. The molecule has 0 spiro atoms. The highest BCUT2D eigenvalue weighted by atomic mass is 79.9. The highest BCUT2D eigenvalue weighted by Crippen LogP contribution is 2.18. The van der Waals surface area contributed by atoms with Crippen LogP contribution in [0.25, 0.3) is 0 Å². The summed E-state index contributed by atoms with van der Waals surface area (Å²) in [6, 6.07) is 0. The van der Waals surface area contributed by atoms with E-state index in [0.717, 1.165) is 0 Å². The van der Waals surface area contributed by atoms with Crippen LogP contribution < -0.4 is 0 Å². The van der Waals surface area contributed by atoms with E-state index in [9.17, 15) is 4.79 Å². The Labute approximate surface area is 68.2 Å². The van der Waals surface area contributed by atoms with Crippen LogP contribution in [-0.4, -0.2) is 5.78 Å². The monoisotopic (exact) mass is 210 g/mol. The van der Waals surface area contributed by atoms with Crippen LogP contribution >= 0.6 is 27.5 Å². The van der Waals surface area contributed by atoms with Gasteiger partial charge in [0.2, 0.25) is 0 Å². The van der Waals surface area contributed by atoms with Crippen molar-refractivity contribution < 1.29 is 4.79 Å². The maximum Gasteiger partial charge on any atom is 0.167 e. The van der Waals surface area contributed by atoms with Crippen LogP contribution in [0.1, 0.15) is 20.3 Å². The average molecular weight is 211 g/mol. The van der Waals surface area contributed by atoms with Gasteiger partial charge < -0.3 is 0 Å². The minimum absolute atomic E-state index is 0.0261. The molecule has 0 amide bonds. The van der Waals surface area contributed by atoms with Gasteiger partial charge >= 0.3 is 0 Å². The van der Waals surface area contributed by atoms with Crippen molar-refractivity contribution in [1.82, 2.24) is 0 Å². The quantitative estimate of drug-likeness (QED) is 0.642. The van der Waals surface area contributed by atoms with Crippen molar-refractivity contribution >= 4 is 33.3 Å². The summed E-state index contributed by atoms with van der Waals surface area (Å²) in [7, 11) is 0. The van der Waals surface area contributed by atoms with Crippen LogP contribution in [0.3, 0.4) is 0 Å². The molecule has 0 bridgehead atoms. The summed E-state index contributed by atoms with van der Waals surface area (Å²) in [5, 5.41) is 0.586. The second-order valence-corrected chi connectivity index (χ2v) is 2.88. The Morgan fingerprint density at radius 1 is 1.67 bits per heavy atom. The van der Waals surface area contributed by atoms with E-state index in [1.165, 1.54) is 6.92 Å². The van der Waals surface area contributed by atoms with Crippen LogP contribution in [0.4, 0.5) is 0 Å². The number of allylic oxidation sites excluding steroid dienone is 2. The van der Waals surface area contributed by atoms with Gasteiger partial charge in [-0.1, -0.05) is 18.5 Å². The molecule has 9 heavy (non-hydrogen) atoms. The molecule has 0 radical (unpaired) electrons. The van der Waals surface area contributed by atoms with Gasteiger partial charge in [0.1, 0.15) is 0 Å². The summed E-state index contributed by atoms with van der Waals surface area (Å²) >= 11 is 8.69. The van der Waals surface area contributed by atoms with Crippen molar-refractivity contribution in [3.8, 4) is 0 Å². The molecular weight excluding hydrogens is 203 g/mol. The fraction of sp³-hybridized carbons (Fsp3) is 0.500. The van der Waals surface area contributed by atoms with E-state index in [1.807, 2.05) is 6.92 Å². The molecule has 0 rings (SSSR count). The standard InChI is InChI=1S/C6H8BrClO/c1-3-5(8)6(7)4(2)9/h3H2,1-2H3/b6-5+. The van der Waals surface area contributed by atoms with Gasteiger partial charge in [-0.2, -0.15) is 0 Å². The fourth-order valence-electron chi connectivity index (χ4n) is 0.346. The number of hydrogen-bond donors (Lipinski definition) is 0. The lowest BCUT2D eigenvalue weighted by atomic mass is 10.3. The average Bonchev–Trinajstić information content (AvgIpc) is 1.84. The van der Waals surface area contributed by atoms with Crippen molar-refractivity contribution in [2.75, 3.05) is 0 Å². The zero-order valence-corrected chi connectivity index (χ0v) is 7.71. The second-order valence-electron chi connectivity index (χ2n) is 1.63. The number of carbonyl (C=O) groups excluding carboxylic acids is 1. The normalized spacial score (nSPS) is 12.9. The molecule has 0 fully saturated rings. The maximum absolute atomic E-state index is 10.6. The van der Waals surface area contributed by atoms with Gasteiger partial charge in [-0.05, 0) is 29.3 Å². The summed E-state index contributed by atoms with van der Waals surface area (Å²) in [4.78, 5) is 10.6. The molecule has 0 aromatic rings. The SMILES string of the molecule is CC/C(Cl)=C(\Br)C(C)=O. The molecular formula is C6H8BrClO. The summed E-state index contributed by atoms with van der Waals surface area (Å²) < 4.78 is 0.492. The maximum atomic E-state index is 10.6. The molecule has 3 heteroatoms. The lowest BCUT2D eigenvalue weighted by molar-refractivity contribution is -0.112. The minimum atomic E-state index is -0.0261. The van der Waals surface area contributed by atoms with E-state index < -0.39 is 0 Å². The van der Waals surface area contributed by atoms with Crippen molar-refractivity contribution in [2.45, 2.75) is 20.3 Å². The zero-order valence-electron chi connectivity index (χ0n) is 5.37. The molecule has 0 atom stereocenters. The molecule has 1 nitrogen and oxygen atoms in total. The summed E-state index contributed by atoms with van der Waals surface area (Å²) in [6.45, 7) is 3.37. The van der Waals surface area contributed by atoms with Crippen molar-refractivity contribution in [3.63, 3.8) is 0 Å². The smallest absolute Gasteiger partial charge is 0.167 e. The largest absolute Gasteiger partial charge is 0.294 e. The van der Waals surface area contributed by atoms with Gasteiger partial charge in [-0.15, -0.1) is 0 Å². The van der Waals surface area contributed by atoms with Gasteiger partial charge in [-0.3, -0.25) is 4.79 Å². The predicted octanol–water partition coefficient (Wildman–Crippen LogP) is 2.83. The van der Waals surface area contributed by atoms with Gasteiger partial charge in [0.25, 0.3) is 0 Å². The first-order chi connectivity index (χ1) is 4.09. The van der Waals surface area contributed by atoms with E-state index in [0.29, 0.717) is 15.9 Å². The van der Waals surface area contributed by atoms with Crippen LogP contribution in [0, 0.1) is 0 Å².